The lowest BCUT2D eigenvalue weighted by Crippen LogP contribution is -2.34. The van der Waals surface area contributed by atoms with Crippen LogP contribution >= 0.6 is 11.3 Å². The van der Waals surface area contributed by atoms with Crippen molar-refractivity contribution in [2.75, 3.05) is 25.2 Å². The summed E-state index contributed by atoms with van der Waals surface area (Å²) < 4.78 is 44.7. The van der Waals surface area contributed by atoms with E-state index in [2.05, 4.69) is 9.72 Å². The van der Waals surface area contributed by atoms with Gasteiger partial charge in [-0.1, -0.05) is 41.7 Å². The van der Waals surface area contributed by atoms with Crippen LogP contribution in [0.4, 0.5) is 13.9 Å². The molecule has 37 heavy (non-hydrogen) atoms. The Bertz CT molecular complexity index is 1250. The van der Waals surface area contributed by atoms with Crippen LogP contribution in [0.5, 0.6) is 11.5 Å². The summed E-state index contributed by atoms with van der Waals surface area (Å²) in [7, 11) is 1.23. The maximum Gasteiger partial charge on any atom is 0.387 e. The van der Waals surface area contributed by atoms with Crippen molar-refractivity contribution in [3.8, 4) is 11.5 Å². The minimum atomic E-state index is -3.07. The number of carbonyl (C=O) groups is 3. The summed E-state index contributed by atoms with van der Waals surface area (Å²) in [5, 5.41) is 0.237. The fraction of sp³-hybridized carbons (Fsp3) is 0.280. The predicted molar refractivity (Wildman–Crippen MR) is 130 cm³/mol. The molecule has 0 saturated carbocycles. The number of halogens is 2. The van der Waals surface area contributed by atoms with Gasteiger partial charge in [0.1, 0.15) is 4.88 Å². The van der Waals surface area contributed by atoms with E-state index in [4.69, 9.17) is 14.2 Å². The van der Waals surface area contributed by atoms with Crippen molar-refractivity contribution in [1.82, 2.24) is 4.98 Å². The topological polar surface area (TPSA) is 104 Å². The molecule has 0 unspecified atom stereocenters. The van der Waals surface area contributed by atoms with Gasteiger partial charge in [-0.2, -0.15) is 8.78 Å². The van der Waals surface area contributed by atoms with Gasteiger partial charge < -0.3 is 18.9 Å². The predicted octanol–water partition coefficient (Wildman–Crippen LogP) is 4.63. The lowest BCUT2D eigenvalue weighted by atomic mass is 10.2. The maximum absolute atomic E-state index is 13.2. The highest BCUT2D eigenvalue weighted by atomic mass is 32.1. The number of nitrogens with zero attached hydrogens (tertiary/aromatic N) is 2. The van der Waals surface area contributed by atoms with Crippen molar-refractivity contribution in [2.45, 2.75) is 27.0 Å². The molecule has 0 atom stereocenters. The van der Waals surface area contributed by atoms with Crippen molar-refractivity contribution < 1.29 is 42.1 Å². The average molecular weight is 535 g/mol. The molecular weight excluding hydrogens is 510 g/mol. The number of ether oxygens (including phenoxy) is 4. The molecule has 0 saturated heterocycles. The smallest absolute Gasteiger partial charge is 0.387 e. The molecule has 1 heterocycles. The molecular formula is C25H24F2N2O7S. The second-order valence-electron chi connectivity index (χ2n) is 7.42. The van der Waals surface area contributed by atoms with E-state index < -0.39 is 31.1 Å². The van der Waals surface area contributed by atoms with Gasteiger partial charge in [0.05, 0.1) is 31.5 Å². The van der Waals surface area contributed by atoms with Gasteiger partial charge in [-0.25, -0.2) is 14.6 Å². The number of anilines is 1. The normalized spacial score (nSPS) is 10.6. The van der Waals surface area contributed by atoms with Crippen LogP contribution in [-0.4, -0.2) is 49.8 Å². The third kappa shape index (κ3) is 7.23. The first-order valence-electron chi connectivity index (χ1n) is 11.0. The number of aryl methyl sites for hydroxylation is 1. The summed E-state index contributed by atoms with van der Waals surface area (Å²) in [6.07, 6.45) is 0. The summed E-state index contributed by atoms with van der Waals surface area (Å²) >= 11 is 0.992. The Labute approximate surface area is 215 Å². The van der Waals surface area contributed by atoms with Crippen molar-refractivity contribution >= 4 is 34.3 Å². The fourth-order valence-electron chi connectivity index (χ4n) is 3.19. The quantitative estimate of drug-likeness (QED) is 0.328. The van der Waals surface area contributed by atoms with Gasteiger partial charge in [0, 0.05) is 0 Å². The second kappa shape index (κ2) is 12.8. The van der Waals surface area contributed by atoms with E-state index in [0.717, 1.165) is 23.0 Å². The largest absolute Gasteiger partial charge is 0.493 e. The molecule has 0 radical (unpaired) electrons. The summed E-state index contributed by atoms with van der Waals surface area (Å²) in [6, 6.07) is 12.6. The molecule has 3 rings (SSSR count). The minimum absolute atomic E-state index is 0.0319. The summed E-state index contributed by atoms with van der Waals surface area (Å²) in [6.45, 7) is -0.0977. The SMILES string of the molecule is CCOC(=O)c1sc(N(Cc2ccccc2)C(=O)COC(=O)c2ccc(OC(F)F)c(OC)c2)nc1C. The van der Waals surface area contributed by atoms with Crippen molar-refractivity contribution in [1.29, 1.82) is 0 Å². The van der Waals surface area contributed by atoms with Crippen LogP contribution in [0.1, 0.15) is 38.2 Å². The molecule has 1 aromatic heterocycles. The lowest BCUT2D eigenvalue weighted by Gasteiger charge is -2.20. The van der Waals surface area contributed by atoms with Crippen LogP contribution in [0.25, 0.3) is 0 Å². The number of thiazole rings is 1. The summed E-state index contributed by atoms with van der Waals surface area (Å²) in [5.41, 5.74) is 1.15. The van der Waals surface area contributed by atoms with Gasteiger partial charge in [0.2, 0.25) is 0 Å². The monoisotopic (exact) mass is 534 g/mol. The van der Waals surface area contributed by atoms with Crippen molar-refractivity contribution in [3.63, 3.8) is 0 Å². The number of aromatic nitrogens is 1. The standard InChI is InChI=1S/C25H24F2N2O7S/c1-4-34-23(32)21-15(2)28-25(37-21)29(13-16-8-6-5-7-9-16)20(30)14-35-22(31)17-10-11-18(36-24(26)27)19(12-17)33-3/h5-12,24H,4,13-14H2,1-3H3. The molecule has 0 bridgehead atoms. The molecule has 0 aliphatic rings. The Morgan fingerprint density at radius 3 is 2.41 bits per heavy atom. The second-order valence-corrected chi connectivity index (χ2v) is 8.39. The molecule has 12 heteroatoms. The summed E-state index contributed by atoms with van der Waals surface area (Å²) in [5.74, 6) is -2.37. The lowest BCUT2D eigenvalue weighted by molar-refractivity contribution is -0.121. The van der Waals surface area contributed by atoms with Crippen molar-refractivity contribution in [3.05, 3.63) is 70.2 Å². The average Bonchev–Trinajstić information content (AvgIpc) is 3.27. The van der Waals surface area contributed by atoms with Crippen molar-refractivity contribution in [2.24, 2.45) is 0 Å². The molecule has 0 N–H and O–H groups in total. The van der Waals surface area contributed by atoms with E-state index in [-0.39, 0.29) is 40.2 Å². The molecule has 0 aliphatic heterocycles. The number of hydrogen-bond acceptors (Lipinski definition) is 9. The van der Waals surface area contributed by atoms with Gasteiger partial charge in [0.15, 0.2) is 23.2 Å². The fourth-order valence-corrected chi connectivity index (χ4v) is 4.17. The molecule has 0 aliphatic carbocycles. The zero-order chi connectivity index (χ0) is 26.9. The molecule has 0 spiro atoms. The first kappa shape index (κ1) is 27.5. The van der Waals surface area contributed by atoms with E-state index in [1.165, 1.54) is 24.1 Å². The molecule has 196 valence electrons. The number of rotatable bonds is 11. The highest BCUT2D eigenvalue weighted by molar-refractivity contribution is 7.17. The van der Waals surface area contributed by atoms with Crippen LogP contribution in [0, 0.1) is 6.92 Å². The Hall–Kier alpha value is -4.06. The minimum Gasteiger partial charge on any atom is -0.493 e. The highest BCUT2D eigenvalue weighted by Gasteiger charge is 2.25. The highest BCUT2D eigenvalue weighted by Crippen LogP contribution is 2.30. The van der Waals surface area contributed by atoms with E-state index in [1.807, 2.05) is 30.3 Å². The van der Waals surface area contributed by atoms with E-state index in [9.17, 15) is 23.2 Å². The van der Waals surface area contributed by atoms with Gasteiger partial charge in [-0.3, -0.25) is 9.69 Å². The number of alkyl halides is 2. The first-order valence-corrected chi connectivity index (χ1v) is 11.8. The van der Waals surface area contributed by atoms with Crippen LogP contribution in [-0.2, 0) is 20.8 Å². The Morgan fingerprint density at radius 2 is 1.76 bits per heavy atom. The van der Waals surface area contributed by atoms with Crippen LogP contribution in [0.15, 0.2) is 48.5 Å². The number of methoxy groups -OCH3 is 1. The van der Waals surface area contributed by atoms with Crippen LogP contribution in [0.2, 0.25) is 0 Å². The van der Waals surface area contributed by atoms with E-state index in [1.54, 1.807) is 13.8 Å². The molecule has 1 amide bonds. The van der Waals surface area contributed by atoms with Gasteiger partial charge >= 0.3 is 18.6 Å². The Morgan fingerprint density at radius 1 is 1.03 bits per heavy atom. The maximum atomic E-state index is 13.2. The number of esters is 2. The van der Waals surface area contributed by atoms with Crippen LogP contribution < -0.4 is 14.4 Å². The number of carbonyl (C=O) groups excluding carboxylic acids is 3. The molecule has 3 aromatic rings. The first-order chi connectivity index (χ1) is 17.7. The number of benzene rings is 2. The zero-order valence-electron chi connectivity index (χ0n) is 20.2. The molecule has 2 aromatic carbocycles. The van der Waals surface area contributed by atoms with E-state index >= 15 is 0 Å². The third-order valence-corrected chi connectivity index (χ3v) is 6.06. The third-order valence-electron chi connectivity index (χ3n) is 4.90. The van der Waals surface area contributed by atoms with Gasteiger partial charge in [-0.05, 0) is 37.6 Å². The Balaban J connectivity index is 1.79. The molecule has 9 nitrogen and oxygen atoms in total. The zero-order valence-corrected chi connectivity index (χ0v) is 21.1. The number of amides is 1. The van der Waals surface area contributed by atoms with E-state index in [0.29, 0.717) is 5.69 Å². The van der Waals surface area contributed by atoms with Gasteiger partial charge in [-0.15, -0.1) is 0 Å². The Kier molecular flexibility index (Phi) is 9.50. The summed E-state index contributed by atoms with van der Waals surface area (Å²) in [4.78, 5) is 43.9. The van der Waals surface area contributed by atoms with Crippen LogP contribution in [0.3, 0.4) is 0 Å². The number of hydrogen-bond donors (Lipinski definition) is 0. The molecule has 0 fully saturated rings. The van der Waals surface area contributed by atoms with Gasteiger partial charge in [0.25, 0.3) is 5.91 Å².